The van der Waals surface area contributed by atoms with Gasteiger partial charge in [-0.1, -0.05) is 24.3 Å². The minimum atomic E-state index is -0.775. The molecule has 0 aliphatic rings. The Morgan fingerprint density at radius 1 is 0.897 bits per heavy atom. The maximum Gasteiger partial charge on any atom is 0.342 e. The van der Waals surface area contributed by atoms with Gasteiger partial charge in [-0.25, -0.2) is 4.79 Å². The van der Waals surface area contributed by atoms with Gasteiger partial charge in [0.15, 0.2) is 12.4 Å². The summed E-state index contributed by atoms with van der Waals surface area (Å²) in [4.78, 5) is 36.4. The van der Waals surface area contributed by atoms with Gasteiger partial charge in [0.25, 0.3) is 5.91 Å². The Morgan fingerprint density at radius 3 is 2.24 bits per heavy atom. The fourth-order valence-electron chi connectivity index (χ4n) is 2.64. The van der Waals surface area contributed by atoms with Crippen molar-refractivity contribution in [1.29, 1.82) is 0 Å². The molecule has 3 aromatic carbocycles. The van der Waals surface area contributed by atoms with Crippen molar-refractivity contribution in [2.45, 2.75) is 6.92 Å². The zero-order valence-corrected chi connectivity index (χ0v) is 15.7. The minimum Gasteiger partial charge on any atom is -0.507 e. The largest absolute Gasteiger partial charge is 0.507 e. The van der Waals surface area contributed by atoms with E-state index in [-0.39, 0.29) is 17.2 Å². The topological polar surface area (TPSA) is 92.7 Å². The van der Waals surface area contributed by atoms with Crippen molar-refractivity contribution >= 4 is 23.3 Å². The van der Waals surface area contributed by atoms with Crippen LogP contribution >= 0.6 is 0 Å². The van der Waals surface area contributed by atoms with E-state index >= 15 is 0 Å². The highest BCUT2D eigenvalue weighted by atomic mass is 16.5. The van der Waals surface area contributed by atoms with E-state index in [1.807, 2.05) is 6.07 Å². The van der Waals surface area contributed by atoms with Crippen LogP contribution in [0.1, 0.15) is 36.6 Å². The zero-order valence-electron chi connectivity index (χ0n) is 15.7. The van der Waals surface area contributed by atoms with E-state index in [4.69, 9.17) is 4.74 Å². The van der Waals surface area contributed by atoms with E-state index < -0.39 is 18.4 Å². The maximum absolute atomic E-state index is 12.2. The Balaban J connectivity index is 1.57. The van der Waals surface area contributed by atoms with Crippen LogP contribution in [0.4, 0.5) is 5.69 Å². The highest BCUT2D eigenvalue weighted by Crippen LogP contribution is 2.19. The molecule has 2 N–H and O–H groups in total. The number of anilines is 1. The van der Waals surface area contributed by atoms with E-state index in [1.165, 1.54) is 12.1 Å². The van der Waals surface area contributed by atoms with Crippen molar-refractivity contribution in [3.8, 4) is 5.75 Å². The van der Waals surface area contributed by atoms with E-state index in [9.17, 15) is 19.5 Å². The molecule has 3 rings (SSSR count). The third kappa shape index (κ3) is 5.07. The normalized spacial score (nSPS) is 10.2. The monoisotopic (exact) mass is 389 g/mol. The lowest BCUT2D eigenvalue weighted by Gasteiger charge is -2.08. The molecule has 0 saturated heterocycles. The lowest BCUT2D eigenvalue weighted by atomic mass is 10.1. The van der Waals surface area contributed by atoms with E-state index in [0.717, 1.165) is 5.56 Å². The smallest absolute Gasteiger partial charge is 0.342 e. The van der Waals surface area contributed by atoms with Gasteiger partial charge in [-0.15, -0.1) is 0 Å². The Morgan fingerprint density at radius 2 is 1.59 bits per heavy atom. The van der Waals surface area contributed by atoms with Gasteiger partial charge in [0.1, 0.15) is 11.3 Å². The molecule has 0 unspecified atom stereocenters. The number of phenols is 1. The number of benzene rings is 3. The predicted octanol–water partition coefficient (Wildman–Crippen LogP) is 3.99. The van der Waals surface area contributed by atoms with Gasteiger partial charge in [0, 0.05) is 16.8 Å². The molecular formula is C23H19NO5. The number of hydrogen-bond donors (Lipinski definition) is 2. The zero-order chi connectivity index (χ0) is 20.8. The van der Waals surface area contributed by atoms with E-state index in [0.29, 0.717) is 16.8 Å². The molecule has 0 spiro atoms. The number of carbonyl (C=O) groups is 3. The molecule has 0 saturated carbocycles. The molecule has 3 aromatic rings. The van der Waals surface area contributed by atoms with Crippen molar-refractivity contribution in [3.63, 3.8) is 0 Å². The van der Waals surface area contributed by atoms with Crippen molar-refractivity contribution in [3.05, 3.63) is 95.1 Å². The van der Waals surface area contributed by atoms with E-state index in [1.54, 1.807) is 61.5 Å². The first-order valence-corrected chi connectivity index (χ1v) is 8.90. The average Bonchev–Trinajstić information content (AvgIpc) is 2.73. The summed E-state index contributed by atoms with van der Waals surface area (Å²) in [6.45, 7) is 1.33. The van der Waals surface area contributed by atoms with E-state index in [2.05, 4.69) is 5.32 Å². The summed E-state index contributed by atoms with van der Waals surface area (Å²) in [6, 6.07) is 19.6. The van der Waals surface area contributed by atoms with Gasteiger partial charge in [-0.3, -0.25) is 9.59 Å². The van der Waals surface area contributed by atoms with Crippen LogP contribution in [-0.4, -0.2) is 29.4 Å². The second-order valence-corrected chi connectivity index (χ2v) is 6.42. The first-order valence-electron chi connectivity index (χ1n) is 8.90. The van der Waals surface area contributed by atoms with Gasteiger partial charge < -0.3 is 15.2 Å². The molecule has 29 heavy (non-hydrogen) atoms. The molecule has 0 bridgehead atoms. The van der Waals surface area contributed by atoms with Crippen LogP contribution in [0.5, 0.6) is 5.75 Å². The molecule has 0 aliphatic carbocycles. The quantitative estimate of drug-likeness (QED) is 0.491. The number of nitrogens with one attached hydrogen (secondary N) is 1. The Hall–Kier alpha value is -3.93. The predicted molar refractivity (Wildman–Crippen MR) is 108 cm³/mol. The molecule has 0 aromatic heterocycles. The van der Waals surface area contributed by atoms with Gasteiger partial charge in [0.05, 0.1) is 0 Å². The first-order chi connectivity index (χ1) is 13.9. The number of phenolic OH excluding ortho intramolecular Hbond substituents is 1. The fourth-order valence-corrected chi connectivity index (χ4v) is 2.64. The van der Waals surface area contributed by atoms with Crippen LogP contribution < -0.4 is 5.32 Å². The third-order valence-corrected chi connectivity index (χ3v) is 4.21. The second kappa shape index (κ2) is 8.84. The summed E-state index contributed by atoms with van der Waals surface area (Å²) in [5, 5.41) is 12.6. The maximum atomic E-state index is 12.2. The summed E-state index contributed by atoms with van der Waals surface area (Å²) in [5.41, 5.74) is 2.21. The van der Waals surface area contributed by atoms with Crippen molar-refractivity contribution in [2.24, 2.45) is 0 Å². The van der Waals surface area contributed by atoms with Crippen LogP contribution in [-0.2, 0) is 4.74 Å². The van der Waals surface area contributed by atoms with Crippen LogP contribution in [0.15, 0.2) is 72.8 Å². The van der Waals surface area contributed by atoms with Crippen molar-refractivity contribution in [1.82, 2.24) is 0 Å². The van der Waals surface area contributed by atoms with Crippen LogP contribution in [0, 0.1) is 6.92 Å². The number of Topliss-reactive ketones (excluding diaryl/α,β-unsaturated/α-hetero) is 1. The molecule has 1 amide bonds. The summed E-state index contributed by atoms with van der Waals surface area (Å²) in [5.74, 6) is -1.62. The number of carbonyl (C=O) groups excluding carboxylic acids is 3. The number of esters is 1. The van der Waals surface area contributed by atoms with Crippen LogP contribution in [0.25, 0.3) is 0 Å². The third-order valence-electron chi connectivity index (χ3n) is 4.21. The molecule has 0 atom stereocenters. The minimum absolute atomic E-state index is 0.00220. The molecule has 0 fully saturated rings. The van der Waals surface area contributed by atoms with Crippen molar-refractivity contribution in [2.75, 3.05) is 11.9 Å². The number of amides is 1. The number of ketones is 1. The lowest BCUT2D eigenvalue weighted by molar-refractivity contribution is 0.0471. The molecule has 6 heteroatoms. The average molecular weight is 389 g/mol. The molecule has 0 radical (unpaired) electrons. The van der Waals surface area contributed by atoms with Gasteiger partial charge >= 0.3 is 5.97 Å². The van der Waals surface area contributed by atoms with Gasteiger partial charge in [0.2, 0.25) is 0 Å². The number of hydrogen-bond acceptors (Lipinski definition) is 5. The highest BCUT2D eigenvalue weighted by Gasteiger charge is 2.15. The summed E-state index contributed by atoms with van der Waals surface area (Å²) >= 11 is 0. The number of aryl methyl sites for hydroxylation is 1. The second-order valence-electron chi connectivity index (χ2n) is 6.42. The number of ether oxygens (including phenoxy) is 1. The lowest BCUT2D eigenvalue weighted by Crippen LogP contribution is -2.15. The van der Waals surface area contributed by atoms with Gasteiger partial charge in [-0.2, -0.15) is 0 Å². The number of aromatic hydroxyl groups is 1. The summed E-state index contributed by atoms with van der Waals surface area (Å²) in [6.07, 6.45) is 0. The van der Waals surface area contributed by atoms with Crippen LogP contribution in [0.2, 0.25) is 0 Å². The molecule has 0 aliphatic heterocycles. The SMILES string of the molecule is Cc1ccc(C(=O)OCC(=O)c2ccc(NC(=O)c3ccccc3)cc2)c(O)c1. The fraction of sp³-hybridized carbons (Fsp3) is 0.0870. The molecular weight excluding hydrogens is 370 g/mol. The summed E-state index contributed by atoms with van der Waals surface area (Å²) < 4.78 is 5.00. The molecule has 0 heterocycles. The summed E-state index contributed by atoms with van der Waals surface area (Å²) in [7, 11) is 0. The van der Waals surface area contributed by atoms with Crippen LogP contribution in [0.3, 0.4) is 0 Å². The first kappa shape index (κ1) is 19.8. The molecule has 146 valence electrons. The Bertz CT molecular complexity index is 1040. The standard InChI is InChI=1S/C23H19NO5/c1-15-7-12-19(20(25)13-15)23(28)29-14-21(26)16-8-10-18(11-9-16)24-22(27)17-5-3-2-4-6-17/h2-13,25H,14H2,1H3,(H,24,27). The van der Waals surface area contributed by atoms with Crippen molar-refractivity contribution < 1.29 is 24.2 Å². The Kier molecular flexibility index (Phi) is 6.04. The molecule has 6 nitrogen and oxygen atoms in total. The number of rotatable bonds is 6. The Labute approximate surface area is 167 Å². The van der Waals surface area contributed by atoms with Gasteiger partial charge in [-0.05, 0) is 61.0 Å². The highest BCUT2D eigenvalue weighted by molar-refractivity contribution is 6.05.